The fourth-order valence-corrected chi connectivity index (χ4v) is 3.47. The summed E-state index contributed by atoms with van der Waals surface area (Å²) in [5.41, 5.74) is 0. The molecule has 0 aliphatic rings. The second-order valence-electron chi connectivity index (χ2n) is 6.03. The van der Waals surface area contributed by atoms with Gasteiger partial charge in [0.2, 0.25) is 10.0 Å². The second kappa shape index (κ2) is 12.0. The molecule has 0 heterocycles. The number of carbonyl (C=O) groups excluding carboxylic acids is 1. The van der Waals surface area contributed by atoms with Crippen molar-refractivity contribution in [3.63, 3.8) is 0 Å². The zero-order valence-electron chi connectivity index (χ0n) is 17.1. The minimum atomic E-state index is -3.70. The third kappa shape index (κ3) is 7.92. The molecule has 0 spiro atoms. The van der Waals surface area contributed by atoms with Crippen LogP contribution in [-0.4, -0.2) is 47.4 Å². The minimum Gasteiger partial charge on any atom is -0.494 e. The van der Waals surface area contributed by atoms with Crippen molar-refractivity contribution < 1.29 is 32.2 Å². The van der Waals surface area contributed by atoms with Crippen LogP contribution in [0.4, 0.5) is 0 Å². The molecule has 8 nitrogen and oxygen atoms in total. The molecule has 0 unspecified atom stereocenters. The highest BCUT2D eigenvalue weighted by molar-refractivity contribution is 7.89. The quantitative estimate of drug-likeness (QED) is 0.380. The van der Waals surface area contributed by atoms with Crippen molar-refractivity contribution in [2.24, 2.45) is 0 Å². The maximum atomic E-state index is 12.2. The Morgan fingerprint density at radius 1 is 0.800 bits per heavy atom. The molecule has 2 rings (SSSR count). The molecule has 30 heavy (non-hydrogen) atoms. The van der Waals surface area contributed by atoms with E-state index >= 15 is 0 Å². The van der Waals surface area contributed by atoms with E-state index in [-0.39, 0.29) is 31.1 Å². The van der Waals surface area contributed by atoms with Crippen LogP contribution in [0.15, 0.2) is 53.4 Å². The number of hydrogen-bond donors (Lipinski definition) is 1. The lowest BCUT2D eigenvalue weighted by molar-refractivity contribution is -0.144. The molecule has 0 amide bonds. The minimum absolute atomic E-state index is 0.0614. The van der Waals surface area contributed by atoms with Crippen molar-refractivity contribution in [2.45, 2.75) is 25.2 Å². The zero-order chi connectivity index (χ0) is 21.8. The molecular formula is C21H27NO7S. The number of ether oxygens (including phenoxy) is 4. The Labute approximate surface area is 177 Å². The predicted octanol–water partition coefficient (Wildman–Crippen LogP) is 2.77. The molecule has 0 aromatic heterocycles. The number of esters is 1. The fraction of sp³-hybridized carbons (Fsp3) is 0.381. The Morgan fingerprint density at radius 3 is 1.83 bits per heavy atom. The average molecular weight is 438 g/mol. The van der Waals surface area contributed by atoms with Crippen molar-refractivity contribution in [1.82, 2.24) is 4.72 Å². The molecule has 0 saturated heterocycles. The van der Waals surface area contributed by atoms with E-state index in [1.54, 1.807) is 36.4 Å². The topological polar surface area (TPSA) is 100 Å². The van der Waals surface area contributed by atoms with Crippen LogP contribution in [-0.2, 0) is 19.6 Å². The van der Waals surface area contributed by atoms with Gasteiger partial charge in [0, 0.05) is 6.54 Å². The van der Waals surface area contributed by atoms with Crippen LogP contribution in [0.2, 0.25) is 0 Å². The van der Waals surface area contributed by atoms with Crippen molar-refractivity contribution in [2.75, 3.05) is 33.0 Å². The van der Waals surface area contributed by atoms with Gasteiger partial charge in [0.05, 0.1) is 24.5 Å². The van der Waals surface area contributed by atoms with E-state index < -0.39 is 16.0 Å². The predicted molar refractivity (Wildman–Crippen MR) is 111 cm³/mol. The molecule has 0 aliphatic carbocycles. The van der Waals surface area contributed by atoms with Crippen molar-refractivity contribution in [3.05, 3.63) is 48.5 Å². The van der Waals surface area contributed by atoms with Crippen LogP contribution >= 0.6 is 0 Å². The molecule has 1 N–H and O–H groups in total. The van der Waals surface area contributed by atoms with Gasteiger partial charge in [-0.1, -0.05) is 0 Å². The lowest BCUT2D eigenvalue weighted by Gasteiger charge is -2.09. The molecule has 9 heteroatoms. The third-order valence-corrected chi connectivity index (χ3v) is 5.29. The molecule has 0 radical (unpaired) electrons. The van der Waals surface area contributed by atoms with Gasteiger partial charge in [-0.2, -0.15) is 0 Å². The van der Waals surface area contributed by atoms with E-state index in [1.807, 2.05) is 13.8 Å². The zero-order valence-corrected chi connectivity index (χ0v) is 17.9. The van der Waals surface area contributed by atoms with E-state index in [9.17, 15) is 13.2 Å². The van der Waals surface area contributed by atoms with Gasteiger partial charge >= 0.3 is 5.97 Å². The first-order valence-electron chi connectivity index (χ1n) is 9.68. The molecule has 164 valence electrons. The Balaban J connectivity index is 1.65. The molecule has 0 saturated carbocycles. The van der Waals surface area contributed by atoms with Crippen LogP contribution in [0.1, 0.15) is 20.3 Å². The highest BCUT2D eigenvalue weighted by Crippen LogP contribution is 2.17. The van der Waals surface area contributed by atoms with Gasteiger partial charge in [-0.05, 0) is 62.4 Å². The van der Waals surface area contributed by atoms with Gasteiger partial charge in [0.15, 0.2) is 0 Å². The first kappa shape index (κ1) is 23.5. The van der Waals surface area contributed by atoms with E-state index in [0.717, 1.165) is 5.75 Å². The summed E-state index contributed by atoms with van der Waals surface area (Å²) in [6.07, 6.45) is -0.0840. The SMILES string of the molecule is CCOc1ccc(OCCOC(=O)CCNS(=O)(=O)c2ccc(OCC)cc2)cc1. The smallest absolute Gasteiger partial charge is 0.307 e. The molecule has 0 aliphatic heterocycles. The van der Waals surface area contributed by atoms with E-state index in [2.05, 4.69) is 4.72 Å². The van der Waals surface area contributed by atoms with E-state index in [0.29, 0.717) is 24.7 Å². The van der Waals surface area contributed by atoms with Gasteiger partial charge in [-0.15, -0.1) is 0 Å². The fourth-order valence-electron chi connectivity index (χ4n) is 2.44. The first-order chi connectivity index (χ1) is 14.4. The van der Waals surface area contributed by atoms with Crippen molar-refractivity contribution in [3.8, 4) is 17.2 Å². The molecular weight excluding hydrogens is 410 g/mol. The standard InChI is InChI=1S/C21H27NO7S/c1-3-26-17-5-7-19(8-6-17)28-15-16-29-21(23)13-14-22-30(24,25)20-11-9-18(10-12-20)27-4-2/h5-12,22H,3-4,13-16H2,1-2H3. The lowest BCUT2D eigenvalue weighted by atomic mass is 10.3. The number of hydrogen-bond acceptors (Lipinski definition) is 7. The molecule has 2 aromatic rings. The lowest BCUT2D eigenvalue weighted by Crippen LogP contribution is -2.27. The number of benzene rings is 2. The summed E-state index contributed by atoms with van der Waals surface area (Å²) in [4.78, 5) is 11.9. The number of nitrogens with one attached hydrogen (secondary N) is 1. The summed E-state index contributed by atoms with van der Waals surface area (Å²) in [5.74, 6) is 1.47. The Morgan fingerprint density at radius 2 is 1.30 bits per heavy atom. The van der Waals surface area contributed by atoms with Crippen LogP contribution in [0, 0.1) is 0 Å². The average Bonchev–Trinajstić information content (AvgIpc) is 2.73. The highest BCUT2D eigenvalue weighted by Gasteiger charge is 2.14. The number of sulfonamides is 1. The maximum Gasteiger partial charge on any atom is 0.307 e. The summed E-state index contributed by atoms with van der Waals surface area (Å²) in [6.45, 7) is 5.04. The summed E-state index contributed by atoms with van der Waals surface area (Å²) in [6, 6.07) is 13.2. The van der Waals surface area contributed by atoms with Gasteiger partial charge in [-0.25, -0.2) is 13.1 Å². The van der Waals surface area contributed by atoms with E-state index in [1.165, 1.54) is 12.1 Å². The monoisotopic (exact) mass is 437 g/mol. The molecule has 0 bridgehead atoms. The summed E-state index contributed by atoms with van der Waals surface area (Å²) in [7, 11) is -3.70. The Bertz CT molecular complexity index is 881. The summed E-state index contributed by atoms with van der Waals surface area (Å²) in [5, 5.41) is 0. The normalized spacial score (nSPS) is 11.0. The molecule has 2 aromatic carbocycles. The number of rotatable bonds is 13. The molecule has 0 atom stereocenters. The van der Waals surface area contributed by atoms with Gasteiger partial charge in [-0.3, -0.25) is 4.79 Å². The molecule has 0 fully saturated rings. The van der Waals surface area contributed by atoms with Gasteiger partial charge in [0.1, 0.15) is 30.5 Å². The first-order valence-corrected chi connectivity index (χ1v) is 11.2. The van der Waals surface area contributed by atoms with Crippen LogP contribution in [0.25, 0.3) is 0 Å². The highest BCUT2D eigenvalue weighted by atomic mass is 32.2. The van der Waals surface area contributed by atoms with Crippen LogP contribution < -0.4 is 18.9 Å². The maximum absolute atomic E-state index is 12.2. The van der Waals surface area contributed by atoms with Crippen LogP contribution in [0.3, 0.4) is 0 Å². The van der Waals surface area contributed by atoms with Gasteiger partial charge in [0.25, 0.3) is 0 Å². The second-order valence-corrected chi connectivity index (χ2v) is 7.79. The van der Waals surface area contributed by atoms with Crippen LogP contribution in [0.5, 0.6) is 17.2 Å². The Hall–Kier alpha value is -2.78. The van der Waals surface area contributed by atoms with E-state index in [4.69, 9.17) is 18.9 Å². The summed E-state index contributed by atoms with van der Waals surface area (Å²) >= 11 is 0. The largest absolute Gasteiger partial charge is 0.494 e. The Kier molecular flexibility index (Phi) is 9.43. The van der Waals surface area contributed by atoms with Crippen molar-refractivity contribution in [1.29, 1.82) is 0 Å². The number of carbonyl (C=O) groups is 1. The van der Waals surface area contributed by atoms with Crippen molar-refractivity contribution >= 4 is 16.0 Å². The third-order valence-electron chi connectivity index (χ3n) is 3.82. The summed E-state index contributed by atoms with van der Waals surface area (Å²) < 4.78 is 48.0. The van der Waals surface area contributed by atoms with Gasteiger partial charge < -0.3 is 18.9 Å².